The summed E-state index contributed by atoms with van der Waals surface area (Å²) in [5, 5.41) is 14.8. The van der Waals surface area contributed by atoms with Gasteiger partial charge in [0.05, 0.1) is 10.6 Å². The fourth-order valence-corrected chi connectivity index (χ4v) is 4.65. The summed E-state index contributed by atoms with van der Waals surface area (Å²) in [6.07, 6.45) is 6.37. The highest BCUT2D eigenvalue weighted by Gasteiger charge is 2.19. The first-order chi connectivity index (χ1) is 16.0. The van der Waals surface area contributed by atoms with E-state index in [9.17, 15) is 9.18 Å². The molecule has 1 amide bonds. The number of rotatable bonds is 7. The van der Waals surface area contributed by atoms with Crippen LogP contribution in [-0.2, 0) is 6.54 Å². The van der Waals surface area contributed by atoms with E-state index in [1.54, 1.807) is 19.2 Å². The van der Waals surface area contributed by atoms with E-state index in [4.69, 9.17) is 10.4 Å². The highest BCUT2D eigenvalue weighted by molar-refractivity contribution is 7.15. The van der Waals surface area contributed by atoms with Gasteiger partial charge in [0.1, 0.15) is 17.5 Å². The third-order valence-corrected chi connectivity index (χ3v) is 6.62. The molecule has 33 heavy (non-hydrogen) atoms. The standard InChI is InChI=1S/C24H27FN6OS/c1-27-22-18(9-10-20(30-22)31-11-4-2-3-5-12-31)21(26)19-15-29-24(33-19)23(32)28-14-16-7-6-8-17(25)13-16/h6-10,13,15,26H,2-5,11-12,14H2,1H3,(H,27,30)(H,28,32). The maximum absolute atomic E-state index is 13.3. The highest BCUT2D eigenvalue weighted by atomic mass is 32.1. The van der Waals surface area contributed by atoms with Crippen molar-refractivity contribution < 1.29 is 9.18 Å². The van der Waals surface area contributed by atoms with Crippen LogP contribution in [0.3, 0.4) is 0 Å². The summed E-state index contributed by atoms with van der Waals surface area (Å²) in [6.45, 7) is 2.19. The van der Waals surface area contributed by atoms with Crippen molar-refractivity contribution in [1.29, 1.82) is 5.41 Å². The number of amides is 1. The van der Waals surface area contributed by atoms with Crippen molar-refractivity contribution >= 4 is 34.6 Å². The van der Waals surface area contributed by atoms with Crippen LogP contribution in [0.15, 0.2) is 42.6 Å². The van der Waals surface area contributed by atoms with Crippen LogP contribution in [0, 0.1) is 11.2 Å². The van der Waals surface area contributed by atoms with Gasteiger partial charge in [0.2, 0.25) is 0 Å². The maximum atomic E-state index is 13.3. The van der Waals surface area contributed by atoms with Gasteiger partial charge in [0, 0.05) is 38.4 Å². The molecule has 3 aromatic rings. The predicted molar refractivity (Wildman–Crippen MR) is 130 cm³/mol. The number of hydrogen-bond donors (Lipinski definition) is 3. The molecule has 3 N–H and O–H groups in total. The largest absolute Gasteiger partial charge is 0.373 e. The SMILES string of the molecule is CNc1nc(N2CCCCCC2)ccc1C(=N)c1cnc(C(=O)NCc2cccc(F)c2)s1. The first-order valence-corrected chi connectivity index (χ1v) is 11.9. The summed E-state index contributed by atoms with van der Waals surface area (Å²) in [5.74, 6) is 0.848. The predicted octanol–water partition coefficient (Wildman–Crippen LogP) is 4.45. The molecule has 1 aromatic carbocycles. The minimum atomic E-state index is -0.355. The van der Waals surface area contributed by atoms with Gasteiger partial charge in [-0.25, -0.2) is 14.4 Å². The topological polar surface area (TPSA) is 94.0 Å². The first-order valence-electron chi connectivity index (χ1n) is 11.1. The molecule has 0 aliphatic carbocycles. The van der Waals surface area contributed by atoms with Crippen LogP contribution >= 0.6 is 11.3 Å². The lowest BCUT2D eigenvalue weighted by Gasteiger charge is -2.22. The third kappa shape index (κ3) is 5.54. The summed E-state index contributed by atoms with van der Waals surface area (Å²) in [6, 6.07) is 9.96. The van der Waals surface area contributed by atoms with Crippen molar-refractivity contribution in [1.82, 2.24) is 15.3 Å². The summed E-state index contributed by atoms with van der Waals surface area (Å²) in [4.78, 5) is 24.3. The molecule has 4 rings (SSSR count). The van der Waals surface area contributed by atoms with Crippen molar-refractivity contribution in [3.63, 3.8) is 0 Å². The molecule has 1 saturated heterocycles. The Balaban J connectivity index is 1.46. The van der Waals surface area contributed by atoms with Gasteiger partial charge in [-0.15, -0.1) is 11.3 Å². The molecule has 2 aromatic heterocycles. The average Bonchev–Trinajstić information content (AvgIpc) is 3.17. The number of aromatic nitrogens is 2. The molecule has 3 heterocycles. The van der Waals surface area contributed by atoms with Crippen molar-refractivity contribution in [3.8, 4) is 0 Å². The Hall–Kier alpha value is -3.33. The van der Waals surface area contributed by atoms with E-state index in [1.807, 2.05) is 12.1 Å². The molecule has 7 nitrogen and oxygen atoms in total. The minimum absolute atomic E-state index is 0.203. The normalized spacial score (nSPS) is 13.9. The van der Waals surface area contributed by atoms with Gasteiger partial charge in [-0.05, 0) is 42.7 Å². The van der Waals surface area contributed by atoms with E-state index in [0.29, 0.717) is 21.8 Å². The van der Waals surface area contributed by atoms with E-state index in [-0.39, 0.29) is 29.0 Å². The number of carbonyl (C=O) groups excluding carboxylic acids is 1. The maximum Gasteiger partial charge on any atom is 0.280 e. The van der Waals surface area contributed by atoms with Gasteiger partial charge in [-0.3, -0.25) is 10.2 Å². The van der Waals surface area contributed by atoms with E-state index < -0.39 is 0 Å². The van der Waals surface area contributed by atoms with E-state index >= 15 is 0 Å². The minimum Gasteiger partial charge on any atom is -0.373 e. The molecular weight excluding hydrogens is 439 g/mol. The zero-order valence-corrected chi connectivity index (χ0v) is 19.3. The van der Waals surface area contributed by atoms with Crippen molar-refractivity contribution in [2.24, 2.45) is 0 Å². The second kappa shape index (κ2) is 10.5. The lowest BCUT2D eigenvalue weighted by Crippen LogP contribution is -2.25. The van der Waals surface area contributed by atoms with Crippen molar-refractivity contribution in [2.45, 2.75) is 32.2 Å². The first kappa shape index (κ1) is 22.8. The second-order valence-corrected chi connectivity index (χ2v) is 8.96. The zero-order chi connectivity index (χ0) is 23.2. The van der Waals surface area contributed by atoms with E-state index in [2.05, 4.69) is 20.5 Å². The van der Waals surface area contributed by atoms with Crippen LogP contribution in [0.2, 0.25) is 0 Å². The van der Waals surface area contributed by atoms with Crippen molar-refractivity contribution in [3.05, 3.63) is 69.4 Å². The Morgan fingerprint density at radius 1 is 1.18 bits per heavy atom. The van der Waals surface area contributed by atoms with Crippen LogP contribution in [0.1, 0.15) is 51.5 Å². The zero-order valence-electron chi connectivity index (χ0n) is 18.5. The number of anilines is 2. The lowest BCUT2D eigenvalue weighted by molar-refractivity contribution is 0.0950. The van der Waals surface area contributed by atoms with E-state index in [0.717, 1.165) is 30.2 Å². The molecule has 1 fully saturated rings. The van der Waals surface area contributed by atoms with Crippen LogP contribution in [0.25, 0.3) is 0 Å². The molecule has 9 heteroatoms. The number of hydrogen-bond acceptors (Lipinski definition) is 7. The van der Waals surface area contributed by atoms with Gasteiger partial charge >= 0.3 is 0 Å². The Morgan fingerprint density at radius 2 is 1.97 bits per heavy atom. The summed E-state index contributed by atoms with van der Waals surface area (Å²) >= 11 is 1.15. The molecule has 1 aliphatic heterocycles. The Kier molecular flexibility index (Phi) is 7.29. The van der Waals surface area contributed by atoms with Gasteiger partial charge in [-0.2, -0.15) is 0 Å². The number of benzene rings is 1. The lowest BCUT2D eigenvalue weighted by atomic mass is 10.1. The fraction of sp³-hybridized carbons (Fsp3) is 0.333. The average molecular weight is 467 g/mol. The number of nitrogens with zero attached hydrogens (tertiary/aromatic N) is 3. The smallest absolute Gasteiger partial charge is 0.280 e. The van der Waals surface area contributed by atoms with Crippen LogP contribution < -0.4 is 15.5 Å². The number of pyridine rings is 1. The molecular formula is C24H27FN6OS. The van der Waals surface area contributed by atoms with E-state index in [1.165, 1.54) is 44.0 Å². The fourth-order valence-electron chi connectivity index (χ4n) is 3.85. The molecule has 0 unspecified atom stereocenters. The quantitative estimate of drug-likeness (QED) is 0.448. The Labute approximate surface area is 196 Å². The second-order valence-electron chi connectivity index (χ2n) is 7.93. The summed E-state index contributed by atoms with van der Waals surface area (Å²) in [5.41, 5.74) is 1.59. The molecule has 0 spiro atoms. The summed E-state index contributed by atoms with van der Waals surface area (Å²) in [7, 11) is 1.79. The number of halogens is 1. The highest BCUT2D eigenvalue weighted by Crippen LogP contribution is 2.25. The number of nitrogens with one attached hydrogen (secondary N) is 3. The molecule has 0 radical (unpaired) electrons. The van der Waals surface area contributed by atoms with Gasteiger partial charge in [0.25, 0.3) is 5.91 Å². The molecule has 1 aliphatic rings. The van der Waals surface area contributed by atoms with Gasteiger partial charge in [0.15, 0.2) is 5.01 Å². The molecule has 0 bridgehead atoms. The van der Waals surface area contributed by atoms with Crippen LogP contribution in [-0.4, -0.2) is 41.7 Å². The molecule has 0 atom stereocenters. The van der Waals surface area contributed by atoms with Gasteiger partial charge in [-0.1, -0.05) is 25.0 Å². The monoisotopic (exact) mass is 466 g/mol. The van der Waals surface area contributed by atoms with Crippen LogP contribution in [0.5, 0.6) is 0 Å². The van der Waals surface area contributed by atoms with Crippen LogP contribution in [0.4, 0.5) is 16.0 Å². The summed E-state index contributed by atoms with van der Waals surface area (Å²) < 4.78 is 13.3. The number of thiazole rings is 1. The number of carbonyl (C=O) groups is 1. The third-order valence-electron chi connectivity index (χ3n) is 5.61. The Bertz CT molecular complexity index is 1140. The Morgan fingerprint density at radius 3 is 2.70 bits per heavy atom. The van der Waals surface area contributed by atoms with Crippen molar-refractivity contribution in [2.75, 3.05) is 30.4 Å². The molecule has 0 saturated carbocycles. The van der Waals surface area contributed by atoms with Gasteiger partial charge < -0.3 is 15.5 Å². The molecule has 172 valence electrons.